The number of rotatable bonds is 5. The molecule has 0 fully saturated rings. The molecule has 11 heteroatoms. The van der Waals surface area contributed by atoms with E-state index in [0.717, 1.165) is 5.39 Å². The van der Waals surface area contributed by atoms with Crippen LogP contribution in [0, 0.1) is 0 Å². The Morgan fingerprint density at radius 2 is 1.67 bits per heavy atom. The molecule has 1 aromatic heterocycles. The van der Waals surface area contributed by atoms with Crippen LogP contribution in [0.1, 0.15) is 21.5 Å². The largest absolute Gasteiger partial charge is 0.416 e. The predicted octanol–water partition coefficient (Wildman–Crippen LogP) is 4.97. The van der Waals surface area contributed by atoms with Crippen molar-refractivity contribution >= 4 is 22.5 Å². The number of ether oxygens (including phenoxy) is 1. The molecule has 1 heterocycles. The molecule has 0 radical (unpaired) electrons. The maximum Gasteiger partial charge on any atom is 0.416 e. The van der Waals surface area contributed by atoms with Gasteiger partial charge in [0.2, 0.25) is 0 Å². The van der Waals surface area contributed by atoms with Gasteiger partial charge in [0.05, 0.1) is 36.0 Å². The number of halogens is 6. The first-order chi connectivity index (χ1) is 14.0. The smallest absolute Gasteiger partial charge is 0.383 e. The van der Waals surface area contributed by atoms with Gasteiger partial charge < -0.3 is 10.1 Å². The number of alkyl halides is 6. The van der Waals surface area contributed by atoms with Crippen molar-refractivity contribution in [3.8, 4) is 0 Å². The Morgan fingerprint density at radius 3 is 2.23 bits per heavy atom. The molecule has 0 aliphatic carbocycles. The highest BCUT2D eigenvalue weighted by Crippen LogP contribution is 2.36. The van der Waals surface area contributed by atoms with Crippen molar-refractivity contribution in [3.63, 3.8) is 0 Å². The van der Waals surface area contributed by atoms with E-state index in [1.165, 1.54) is 19.2 Å². The molecule has 5 nitrogen and oxygen atoms in total. The van der Waals surface area contributed by atoms with Crippen LogP contribution in [0.15, 0.2) is 42.6 Å². The normalized spacial score (nSPS) is 12.4. The van der Waals surface area contributed by atoms with Gasteiger partial charge in [0.25, 0.3) is 5.91 Å². The van der Waals surface area contributed by atoms with Gasteiger partial charge in [-0.3, -0.25) is 9.48 Å². The molecule has 0 aliphatic rings. The monoisotopic (exact) mass is 431 g/mol. The minimum Gasteiger partial charge on any atom is -0.383 e. The van der Waals surface area contributed by atoms with Gasteiger partial charge in [0.1, 0.15) is 0 Å². The number of anilines is 1. The summed E-state index contributed by atoms with van der Waals surface area (Å²) in [4.78, 5) is 12.4. The van der Waals surface area contributed by atoms with Crippen molar-refractivity contribution < 1.29 is 35.9 Å². The molecule has 30 heavy (non-hydrogen) atoms. The lowest BCUT2D eigenvalue weighted by atomic mass is 10.0. The standard InChI is InChI=1S/C19H15F6N3O2/c1-30-5-4-28-16-9-15(3-2-11(16)10-26-28)27-17(29)12-6-13(18(20,21)22)8-14(7-12)19(23,24)25/h2-3,6-10H,4-5H2,1H3,(H,27,29). The van der Waals surface area contributed by atoms with Gasteiger partial charge in [0.15, 0.2) is 0 Å². The average molecular weight is 431 g/mol. The highest BCUT2D eigenvalue weighted by Gasteiger charge is 2.37. The predicted molar refractivity (Wildman–Crippen MR) is 96.0 cm³/mol. The molecule has 160 valence electrons. The van der Waals surface area contributed by atoms with Gasteiger partial charge in [-0.05, 0) is 36.4 Å². The average Bonchev–Trinajstić information content (AvgIpc) is 3.07. The van der Waals surface area contributed by atoms with Crippen LogP contribution in [0.5, 0.6) is 0 Å². The van der Waals surface area contributed by atoms with Crippen LogP contribution in [0.2, 0.25) is 0 Å². The summed E-state index contributed by atoms with van der Waals surface area (Å²) in [5.74, 6) is -1.10. The van der Waals surface area contributed by atoms with Gasteiger partial charge in [-0.15, -0.1) is 0 Å². The minimum absolute atomic E-state index is 0.0306. The Labute approximate surface area is 166 Å². The van der Waals surface area contributed by atoms with E-state index in [0.29, 0.717) is 30.8 Å². The van der Waals surface area contributed by atoms with Crippen LogP contribution < -0.4 is 5.32 Å². The van der Waals surface area contributed by atoms with Crippen LogP contribution in [-0.2, 0) is 23.6 Å². The van der Waals surface area contributed by atoms with Gasteiger partial charge in [-0.1, -0.05) is 0 Å². The van der Waals surface area contributed by atoms with Gasteiger partial charge in [-0.2, -0.15) is 31.4 Å². The number of hydrogen-bond acceptors (Lipinski definition) is 3. The third-order valence-electron chi connectivity index (χ3n) is 4.26. The van der Waals surface area contributed by atoms with Crippen molar-refractivity contribution in [2.45, 2.75) is 18.9 Å². The summed E-state index contributed by atoms with van der Waals surface area (Å²) in [5.41, 5.74) is -3.07. The molecular formula is C19H15F6N3O2. The number of benzene rings is 2. The number of nitrogens with zero attached hydrogens (tertiary/aromatic N) is 2. The fraction of sp³-hybridized carbons (Fsp3) is 0.263. The fourth-order valence-corrected chi connectivity index (χ4v) is 2.79. The van der Waals surface area contributed by atoms with Crippen LogP contribution in [0.4, 0.5) is 32.0 Å². The molecule has 1 amide bonds. The van der Waals surface area contributed by atoms with E-state index in [9.17, 15) is 31.1 Å². The van der Waals surface area contributed by atoms with E-state index in [1.807, 2.05) is 0 Å². The Kier molecular flexibility index (Phi) is 5.75. The lowest BCUT2D eigenvalue weighted by Crippen LogP contribution is -2.17. The number of hydrogen-bond donors (Lipinski definition) is 1. The van der Waals surface area contributed by atoms with E-state index in [-0.39, 0.29) is 11.8 Å². The Balaban J connectivity index is 1.93. The van der Waals surface area contributed by atoms with Crippen molar-refractivity contribution in [1.29, 1.82) is 0 Å². The first kappa shape index (κ1) is 21.6. The number of amides is 1. The quantitative estimate of drug-likeness (QED) is 0.581. The van der Waals surface area contributed by atoms with E-state index in [4.69, 9.17) is 4.74 Å². The zero-order chi connectivity index (χ0) is 22.1. The second-order valence-electron chi connectivity index (χ2n) is 6.38. The number of aromatic nitrogens is 2. The van der Waals surface area contributed by atoms with E-state index >= 15 is 0 Å². The molecule has 0 spiro atoms. The molecule has 1 N–H and O–H groups in total. The van der Waals surface area contributed by atoms with Crippen molar-refractivity contribution in [2.24, 2.45) is 0 Å². The third kappa shape index (κ3) is 4.73. The van der Waals surface area contributed by atoms with E-state index < -0.39 is 35.0 Å². The van der Waals surface area contributed by atoms with Crippen LogP contribution in [0.25, 0.3) is 10.9 Å². The molecule has 3 rings (SSSR count). The zero-order valence-corrected chi connectivity index (χ0v) is 15.4. The molecule has 3 aromatic rings. The first-order valence-electron chi connectivity index (χ1n) is 8.54. The lowest BCUT2D eigenvalue weighted by molar-refractivity contribution is -0.143. The van der Waals surface area contributed by atoms with E-state index in [2.05, 4.69) is 10.4 Å². The Bertz CT molecular complexity index is 1040. The highest BCUT2D eigenvalue weighted by atomic mass is 19.4. The molecule has 0 atom stereocenters. The maximum atomic E-state index is 13.0. The van der Waals surface area contributed by atoms with Crippen LogP contribution in [0.3, 0.4) is 0 Å². The number of methoxy groups -OCH3 is 1. The third-order valence-corrected chi connectivity index (χ3v) is 4.26. The number of carbonyl (C=O) groups excluding carboxylic acids is 1. The first-order valence-corrected chi connectivity index (χ1v) is 8.54. The number of fused-ring (bicyclic) bond motifs is 1. The van der Waals surface area contributed by atoms with Gasteiger partial charge in [0, 0.05) is 23.7 Å². The molecule has 0 unspecified atom stereocenters. The molecule has 0 saturated carbocycles. The Morgan fingerprint density at radius 1 is 1.03 bits per heavy atom. The van der Waals surface area contributed by atoms with Crippen molar-refractivity contribution in [2.75, 3.05) is 19.0 Å². The fourth-order valence-electron chi connectivity index (χ4n) is 2.79. The summed E-state index contributed by atoms with van der Waals surface area (Å²) in [6, 6.07) is 5.35. The molecular weight excluding hydrogens is 416 g/mol. The summed E-state index contributed by atoms with van der Waals surface area (Å²) in [6.07, 6.45) is -8.49. The topological polar surface area (TPSA) is 56.1 Å². The SMILES string of the molecule is COCCn1ncc2ccc(NC(=O)c3cc(C(F)(F)F)cc(C(F)(F)F)c3)cc21. The second-order valence-corrected chi connectivity index (χ2v) is 6.38. The Hall–Kier alpha value is -3.08. The van der Waals surface area contributed by atoms with Gasteiger partial charge >= 0.3 is 12.4 Å². The highest BCUT2D eigenvalue weighted by molar-refractivity contribution is 6.05. The van der Waals surface area contributed by atoms with E-state index in [1.54, 1.807) is 16.9 Å². The molecule has 0 saturated heterocycles. The zero-order valence-electron chi connectivity index (χ0n) is 15.4. The summed E-state index contributed by atoms with van der Waals surface area (Å²) < 4.78 is 84.5. The van der Waals surface area contributed by atoms with Crippen molar-refractivity contribution in [3.05, 3.63) is 59.3 Å². The molecule has 2 aromatic carbocycles. The molecule has 0 aliphatic heterocycles. The molecule has 0 bridgehead atoms. The van der Waals surface area contributed by atoms with Crippen LogP contribution >= 0.6 is 0 Å². The summed E-state index contributed by atoms with van der Waals surface area (Å²) in [6.45, 7) is 0.789. The summed E-state index contributed by atoms with van der Waals surface area (Å²) in [5, 5.41) is 7.24. The summed E-state index contributed by atoms with van der Waals surface area (Å²) >= 11 is 0. The van der Waals surface area contributed by atoms with Crippen molar-refractivity contribution in [1.82, 2.24) is 9.78 Å². The number of nitrogens with one attached hydrogen (secondary N) is 1. The maximum absolute atomic E-state index is 13.0. The van der Waals surface area contributed by atoms with Gasteiger partial charge in [-0.25, -0.2) is 0 Å². The minimum atomic E-state index is -5.04. The van der Waals surface area contributed by atoms with Crippen LogP contribution in [-0.4, -0.2) is 29.4 Å². The summed E-state index contributed by atoms with van der Waals surface area (Å²) in [7, 11) is 1.52. The number of carbonyl (C=O) groups is 1. The second kappa shape index (κ2) is 7.98. The lowest BCUT2D eigenvalue weighted by Gasteiger charge is -2.14.